The van der Waals surface area contributed by atoms with Crippen LogP contribution in [0.4, 0.5) is 4.79 Å². The number of amidine groups is 1. The first-order chi connectivity index (χ1) is 17.0. The summed E-state index contributed by atoms with van der Waals surface area (Å²) in [6.07, 6.45) is 4.22. The van der Waals surface area contributed by atoms with E-state index in [4.69, 9.17) is 4.74 Å². The second kappa shape index (κ2) is 9.67. The number of alkyl carbamates (subject to hydrolysis) is 1. The molecular formula is C26H35N3O5S2. The van der Waals surface area contributed by atoms with Crippen molar-refractivity contribution in [1.29, 1.82) is 0 Å². The van der Waals surface area contributed by atoms with Crippen LogP contribution >= 0.6 is 11.8 Å². The summed E-state index contributed by atoms with van der Waals surface area (Å²) in [7, 11) is -3.10. The van der Waals surface area contributed by atoms with E-state index in [-0.39, 0.29) is 35.3 Å². The van der Waals surface area contributed by atoms with E-state index in [1.165, 1.54) is 24.6 Å². The number of thioether (sulfide) groups is 1. The summed E-state index contributed by atoms with van der Waals surface area (Å²) in [5, 5.41) is 3.24. The topological polar surface area (TPSA) is 105 Å². The Kier molecular flexibility index (Phi) is 6.87. The van der Waals surface area contributed by atoms with Gasteiger partial charge >= 0.3 is 6.09 Å². The molecule has 2 bridgehead atoms. The van der Waals surface area contributed by atoms with E-state index in [0.29, 0.717) is 17.0 Å². The highest BCUT2D eigenvalue weighted by atomic mass is 32.2. The molecule has 6 atom stereocenters. The van der Waals surface area contributed by atoms with Gasteiger partial charge in [0.25, 0.3) is 5.91 Å². The Hall–Kier alpha value is -2.07. The van der Waals surface area contributed by atoms with Gasteiger partial charge in [0.2, 0.25) is 0 Å². The molecule has 1 aromatic carbocycles. The number of nitrogens with zero attached hydrogens (tertiary/aromatic N) is 2. The fourth-order valence-electron chi connectivity index (χ4n) is 6.20. The lowest BCUT2D eigenvalue weighted by Gasteiger charge is -2.36. The van der Waals surface area contributed by atoms with Crippen LogP contribution in [0.15, 0.2) is 35.3 Å². The number of benzene rings is 1. The van der Waals surface area contributed by atoms with Gasteiger partial charge in [-0.15, -0.1) is 0 Å². The molecule has 0 spiro atoms. The molecule has 2 amide bonds. The van der Waals surface area contributed by atoms with Gasteiger partial charge in [-0.25, -0.2) is 13.2 Å². The summed E-state index contributed by atoms with van der Waals surface area (Å²) in [4.78, 5) is 32.9. The predicted octanol–water partition coefficient (Wildman–Crippen LogP) is 3.41. The molecular weight excluding hydrogens is 498 g/mol. The maximum absolute atomic E-state index is 13.6. The van der Waals surface area contributed by atoms with E-state index in [1.807, 2.05) is 30.3 Å². The average Bonchev–Trinajstić information content (AvgIpc) is 3.52. The van der Waals surface area contributed by atoms with Crippen LogP contribution in [-0.4, -0.2) is 71.0 Å². The van der Waals surface area contributed by atoms with Gasteiger partial charge in [0.1, 0.15) is 11.6 Å². The van der Waals surface area contributed by atoms with Crippen LogP contribution in [0.1, 0.15) is 52.0 Å². The van der Waals surface area contributed by atoms with Crippen molar-refractivity contribution < 1.29 is 22.7 Å². The first-order valence-electron chi connectivity index (χ1n) is 12.8. The molecule has 8 nitrogen and oxygen atoms in total. The number of ether oxygens (including phenoxy) is 1. The SMILES string of the molecule is CC(C)(C)OC(=O)N[C@H](Cc1ccccc1)C(=O)N=C1S[C@H]2CS(=O)(=O)C[C@H]2N1[C@@H]1C[C@@H]2CC[C@@H]1C2. The van der Waals surface area contributed by atoms with Crippen LogP contribution in [0.3, 0.4) is 0 Å². The Morgan fingerprint density at radius 3 is 2.53 bits per heavy atom. The van der Waals surface area contributed by atoms with Crippen LogP contribution in [0, 0.1) is 11.8 Å². The maximum Gasteiger partial charge on any atom is 0.408 e. The minimum atomic E-state index is -3.10. The normalized spacial score (nSPS) is 32.5. The van der Waals surface area contributed by atoms with Crippen molar-refractivity contribution >= 4 is 38.8 Å². The molecule has 196 valence electrons. The van der Waals surface area contributed by atoms with Crippen molar-refractivity contribution in [2.45, 2.75) is 81.9 Å². The molecule has 0 radical (unpaired) electrons. The number of hydrogen-bond acceptors (Lipinski definition) is 6. The molecule has 2 aliphatic heterocycles. The minimum Gasteiger partial charge on any atom is -0.444 e. The zero-order valence-electron chi connectivity index (χ0n) is 21.1. The van der Waals surface area contributed by atoms with Gasteiger partial charge in [-0.05, 0) is 57.4 Å². The van der Waals surface area contributed by atoms with Crippen LogP contribution in [0.2, 0.25) is 0 Å². The number of aliphatic imine (C=N–C) groups is 1. The van der Waals surface area contributed by atoms with Gasteiger partial charge in [-0.2, -0.15) is 4.99 Å². The van der Waals surface area contributed by atoms with Crippen LogP contribution in [0.25, 0.3) is 0 Å². The molecule has 4 fully saturated rings. The molecule has 2 saturated heterocycles. The maximum atomic E-state index is 13.6. The first-order valence-corrected chi connectivity index (χ1v) is 15.5. The summed E-state index contributed by atoms with van der Waals surface area (Å²) in [6, 6.07) is 8.71. The number of hydrogen-bond donors (Lipinski definition) is 1. The lowest BCUT2D eigenvalue weighted by molar-refractivity contribution is -0.119. The molecule has 10 heteroatoms. The molecule has 2 aliphatic carbocycles. The zero-order valence-corrected chi connectivity index (χ0v) is 22.7. The average molecular weight is 534 g/mol. The smallest absolute Gasteiger partial charge is 0.408 e. The summed E-state index contributed by atoms with van der Waals surface area (Å²) in [5.41, 5.74) is 0.207. The summed E-state index contributed by atoms with van der Waals surface area (Å²) >= 11 is 1.42. The fraction of sp³-hybridized carbons (Fsp3) is 0.654. The van der Waals surface area contributed by atoms with Gasteiger partial charge in [-0.3, -0.25) is 4.79 Å². The monoisotopic (exact) mass is 533 g/mol. The van der Waals surface area contributed by atoms with Crippen molar-refractivity contribution in [1.82, 2.24) is 10.2 Å². The summed E-state index contributed by atoms with van der Waals surface area (Å²) in [6.45, 7) is 5.32. The van der Waals surface area contributed by atoms with Gasteiger partial charge in [-0.1, -0.05) is 48.5 Å². The number of carbonyl (C=O) groups excluding carboxylic acids is 2. The number of fused-ring (bicyclic) bond motifs is 3. The van der Waals surface area contributed by atoms with Crippen molar-refractivity contribution in [3.05, 3.63) is 35.9 Å². The third-order valence-electron chi connectivity index (χ3n) is 7.64. The van der Waals surface area contributed by atoms with E-state index >= 15 is 0 Å². The lowest BCUT2D eigenvalue weighted by Crippen LogP contribution is -2.48. The molecule has 0 unspecified atom stereocenters. The largest absolute Gasteiger partial charge is 0.444 e. The molecule has 4 aliphatic rings. The molecule has 2 heterocycles. The van der Waals surface area contributed by atoms with E-state index < -0.39 is 33.5 Å². The molecule has 2 saturated carbocycles. The summed E-state index contributed by atoms with van der Waals surface area (Å²) in [5.74, 6) is 1.01. The van der Waals surface area contributed by atoms with Crippen molar-refractivity contribution in [3.63, 3.8) is 0 Å². The number of carbonyl (C=O) groups is 2. The second-order valence-corrected chi connectivity index (χ2v) is 14.9. The Bertz CT molecular complexity index is 1150. The highest BCUT2D eigenvalue weighted by molar-refractivity contribution is 8.15. The summed E-state index contributed by atoms with van der Waals surface area (Å²) < 4.78 is 30.3. The molecule has 5 rings (SSSR count). The fourth-order valence-corrected chi connectivity index (χ4v) is 10.2. The number of nitrogens with one attached hydrogen (secondary N) is 1. The predicted molar refractivity (Wildman–Crippen MR) is 141 cm³/mol. The highest BCUT2D eigenvalue weighted by Crippen LogP contribution is 2.51. The van der Waals surface area contributed by atoms with Crippen molar-refractivity contribution in [2.75, 3.05) is 11.5 Å². The van der Waals surface area contributed by atoms with E-state index in [0.717, 1.165) is 18.4 Å². The number of rotatable bonds is 5. The lowest BCUT2D eigenvalue weighted by atomic mass is 9.93. The third kappa shape index (κ3) is 5.59. The van der Waals surface area contributed by atoms with Gasteiger partial charge in [0.05, 0.1) is 17.5 Å². The molecule has 1 N–H and O–H groups in total. The number of sulfone groups is 1. The van der Waals surface area contributed by atoms with Gasteiger partial charge in [0.15, 0.2) is 15.0 Å². The highest BCUT2D eigenvalue weighted by Gasteiger charge is 2.54. The van der Waals surface area contributed by atoms with E-state index in [9.17, 15) is 18.0 Å². The Morgan fingerprint density at radius 2 is 1.89 bits per heavy atom. The van der Waals surface area contributed by atoms with E-state index in [1.54, 1.807) is 20.8 Å². The molecule has 36 heavy (non-hydrogen) atoms. The Morgan fingerprint density at radius 1 is 1.14 bits per heavy atom. The van der Waals surface area contributed by atoms with Crippen LogP contribution < -0.4 is 5.32 Å². The van der Waals surface area contributed by atoms with Gasteiger partial charge < -0.3 is 15.0 Å². The van der Waals surface area contributed by atoms with E-state index in [2.05, 4.69) is 15.2 Å². The minimum absolute atomic E-state index is 0.105. The van der Waals surface area contributed by atoms with Gasteiger partial charge in [0, 0.05) is 17.7 Å². The molecule has 0 aromatic heterocycles. The first kappa shape index (κ1) is 25.6. The van der Waals surface area contributed by atoms with Crippen LogP contribution in [-0.2, 0) is 25.8 Å². The Labute approximate surface area is 217 Å². The Balaban J connectivity index is 1.41. The number of amides is 2. The van der Waals surface area contributed by atoms with Crippen LogP contribution in [0.5, 0.6) is 0 Å². The third-order valence-corrected chi connectivity index (χ3v) is 10.9. The quantitative estimate of drug-likeness (QED) is 0.618. The molecule has 1 aromatic rings. The van der Waals surface area contributed by atoms with Crippen molar-refractivity contribution in [2.24, 2.45) is 16.8 Å². The standard InChI is InChI=1S/C26H35N3O5S2/c1-26(2,3)34-25(31)27-19(12-16-7-5-4-6-8-16)23(30)28-24-29(20-13-17-9-10-18(20)11-17)21-14-36(32,33)15-22(21)35-24/h4-8,17-22H,9-15H2,1-3H3,(H,27,31)/t17-,18-,19-,20-,21-,22+/m1/s1. The van der Waals surface area contributed by atoms with Crippen molar-refractivity contribution in [3.8, 4) is 0 Å². The zero-order chi connectivity index (χ0) is 25.7. The second-order valence-electron chi connectivity index (χ2n) is 11.6.